The van der Waals surface area contributed by atoms with Gasteiger partial charge in [0.2, 0.25) is 0 Å². The van der Waals surface area contributed by atoms with Crippen LogP contribution in [-0.4, -0.2) is 113 Å². The summed E-state index contributed by atoms with van der Waals surface area (Å²) in [5.74, 6) is -0.178. The summed E-state index contributed by atoms with van der Waals surface area (Å²) >= 11 is 0. The van der Waals surface area contributed by atoms with Gasteiger partial charge in [-0.1, -0.05) is 25.7 Å². The first-order valence-electron chi connectivity index (χ1n) is 10.8. The van der Waals surface area contributed by atoms with Gasteiger partial charge >= 0.3 is 5.97 Å². The number of β-amino-alcohol motifs (C(OH)–C–C–N with tert-alkyl or cyclic N) is 1. The van der Waals surface area contributed by atoms with Crippen LogP contribution < -0.4 is 0 Å². The van der Waals surface area contributed by atoms with Gasteiger partial charge in [0.25, 0.3) is 0 Å². The minimum Gasteiger partial charge on any atom is -0.469 e. The third-order valence-corrected chi connectivity index (χ3v) is 5.88. The highest BCUT2D eigenvalue weighted by Crippen LogP contribution is 2.26. The zero-order valence-electron chi connectivity index (χ0n) is 17.6. The highest BCUT2D eigenvalue weighted by molar-refractivity contribution is 5.68. The van der Waals surface area contributed by atoms with E-state index in [0.717, 1.165) is 38.5 Å². The molecule has 0 aliphatic carbocycles. The molecule has 2 aliphatic heterocycles. The van der Waals surface area contributed by atoms with Crippen LogP contribution in [0.5, 0.6) is 0 Å². The number of aliphatic hydroxyl groups is 5. The quantitative estimate of drug-likeness (QED) is 0.175. The molecule has 2 saturated heterocycles. The Bertz CT molecular complexity index is 509. The summed E-state index contributed by atoms with van der Waals surface area (Å²) in [5, 5.41) is 49.6. The average Bonchev–Trinajstić information content (AvgIpc) is 3.16. The zero-order valence-corrected chi connectivity index (χ0v) is 17.6. The number of hydrogen-bond acceptors (Lipinski definition) is 10. The number of aliphatic hydroxyl groups excluding tert-OH is 5. The minimum absolute atomic E-state index is 0.153. The van der Waals surface area contributed by atoms with E-state index in [4.69, 9.17) is 9.47 Å². The average molecular weight is 436 g/mol. The number of ether oxygens (including phenoxy) is 3. The minimum atomic E-state index is -1.18. The van der Waals surface area contributed by atoms with Gasteiger partial charge in [-0.2, -0.15) is 0 Å². The molecule has 2 heterocycles. The van der Waals surface area contributed by atoms with Crippen LogP contribution in [0.25, 0.3) is 0 Å². The number of carbonyl (C=O) groups excluding carboxylic acids is 1. The molecule has 2 rings (SSSR count). The second-order valence-electron chi connectivity index (χ2n) is 8.10. The van der Waals surface area contributed by atoms with E-state index in [2.05, 4.69) is 4.74 Å². The molecule has 2 aliphatic rings. The molecule has 30 heavy (non-hydrogen) atoms. The Kier molecular flexibility index (Phi) is 10.9. The molecule has 5 N–H and O–H groups in total. The molecule has 0 unspecified atom stereocenters. The Morgan fingerprint density at radius 3 is 2.33 bits per heavy atom. The molecule has 10 heteroatoms. The number of rotatable bonds is 13. The Morgan fingerprint density at radius 2 is 1.67 bits per heavy atom. The zero-order chi connectivity index (χ0) is 22.1. The van der Waals surface area contributed by atoms with E-state index < -0.39 is 42.9 Å². The lowest BCUT2D eigenvalue weighted by Gasteiger charge is -2.27. The van der Waals surface area contributed by atoms with Crippen LogP contribution in [0.4, 0.5) is 0 Å². The van der Waals surface area contributed by atoms with Crippen molar-refractivity contribution in [3.63, 3.8) is 0 Å². The first-order valence-corrected chi connectivity index (χ1v) is 10.8. The van der Waals surface area contributed by atoms with Gasteiger partial charge in [-0.15, -0.1) is 0 Å². The molecule has 176 valence electrons. The van der Waals surface area contributed by atoms with Crippen molar-refractivity contribution in [3.05, 3.63) is 0 Å². The van der Waals surface area contributed by atoms with Gasteiger partial charge in [-0.05, 0) is 12.8 Å². The van der Waals surface area contributed by atoms with E-state index in [1.165, 1.54) is 7.11 Å². The first kappa shape index (κ1) is 25.4. The fourth-order valence-electron chi connectivity index (χ4n) is 4.00. The molecule has 7 atom stereocenters. The van der Waals surface area contributed by atoms with Crippen molar-refractivity contribution in [3.8, 4) is 0 Å². The van der Waals surface area contributed by atoms with Gasteiger partial charge in [-0.25, -0.2) is 0 Å². The van der Waals surface area contributed by atoms with Crippen molar-refractivity contribution in [2.24, 2.45) is 0 Å². The Balaban J connectivity index is 1.61. The SMILES string of the molecule is COC(=O)CCCCCCCCO[C@H]1O[C@H](CN2C[C@@H](O)[C@H](O)[C@H]2CO)[C@@H](O)[C@@H]1O. The van der Waals surface area contributed by atoms with E-state index >= 15 is 0 Å². The standard InChI is InChI=1S/C20H37NO9/c1-28-16(24)8-6-4-2-3-5-7-9-29-20-19(27)18(26)15(30-20)11-21-10-14(23)17(25)13(21)12-22/h13-15,17-20,22-23,25-27H,2-12H2,1H3/t13-,14-,15-,17-,18-,19+,20+/m1/s1. The molecule has 0 radical (unpaired) electrons. The second-order valence-corrected chi connectivity index (χ2v) is 8.10. The number of carbonyl (C=O) groups is 1. The highest BCUT2D eigenvalue weighted by atomic mass is 16.7. The summed E-state index contributed by atoms with van der Waals surface area (Å²) < 4.78 is 15.8. The van der Waals surface area contributed by atoms with E-state index in [1.807, 2.05) is 0 Å². The van der Waals surface area contributed by atoms with Crippen LogP contribution >= 0.6 is 0 Å². The van der Waals surface area contributed by atoms with Crippen LogP contribution in [0, 0.1) is 0 Å². The van der Waals surface area contributed by atoms with Gasteiger partial charge in [0.1, 0.15) is 18.3 Å². The second kappa shape index (κ2) is 12.9. The largest absolute Gasteiger partial charge is 0.469 e. The molecule has 0 aromatic heterocycles. The predicted octanol–water partition coefficient (Wildman–Crippen LogP) is -1.25. The van der Waals surface area contributed by atoms with Crippen LogP contribution in [0.3, 0.4) is 0 Å². The van der Waals surface area contributed by atoms with E-state index in [-0.39, 0.29) is 25.7 Å². The molecule has 0 saturated carbocycles. The molecule has 10 nitrogen and oxygen atoms in total. The summed E-state index contributed by atoms with van der Waals surface area (Å²) in [5.41, 5.74) is 0. The number of esters is 1. The van der Waals surface area contributed by atoms with E-state index in [9.17, 15) is 30.3 Å². The number of methoxy groups -OCH3 is 1. The maximum atomic E-state index is 11.0. The fourth-order valence-corrected chi connectivity index (χ4v) is 4.00. The third kappa shape index (κ3) is 7.10. The summed E-state index contributed by atoms with van der Waals surface area (Å²) in [6.07, 6.45) is -0.00491. The van der Waals surface area contributed by atoms with Crippen molar-refractivity contribution < 1.29 is 44.5 Å². The van der Waals surface area contributed by atoms with Gasteiger partial charge in [0, 0.05) is 26.1 Å². The summed E-state index contributed by atoms with van der Waals surface area (Å²) in [6, 6.07) is -0.638. The monoisotopic (exact) mass is 435 g/mol. The molecular weight excluding hydrogens is 398 g/mol. The number of unbranched alkanes of at least 4 members (excludes halogenated alkanes) is 5. The number of nitrogens with zero attached hydrogens (tertiary/aromatic N) is 1. The highest BCUT2D eigenvalue weighted by Gasteiger charge is 2.47. The van der Waals surface area contributed by atoms with Crippen molar-refractivity contribution in [1.29, 1.82) is 0 Å². The van der Waals surface area contributed by atoms with E-state index in [0.29, 0.717) is 13.0 Å². The summed E-state index contributed by atoms with van der Waals surface area (Å²) in [7, 11) is 1.39. The Hall–Kier alpha value is -0.850. The van der Waals surface area contributed by atoms with Gasteiger partial charge < -0.3 is 39.7 Å². The summed E-state index contributed by atoms with van der Waals surface area (Å²) in [4.78, 5) is 12.7. The topological polar surface area (TPSA) is 149 Å². The van der Waals surface area contributed by atoms with Gasteiger partial charge in [0.15, 0.2) is 6.29 Å². The maximum absolute atomic E-state index is 11.0. The van der Waals surface area contributed by atoms with Crippen LogP contribution in [0.1, 0.15) is 44.9 Å². The predicted molar refractivity (Wildman–Crippen MR) is 105 cm³/mol. The maximum Gasteiger partial charge on any atom is 0.305 e. The molecule has 0 aromatic carbocycles. The van der Waals surface area contributed by atoms with Crippen molar-refractivity contribution in [2.45, 2.75) is 87.8 Å². The first-order chi connectivity index (χ1) is 14.4. The molecule has 0 amide bonds. The fraction of sp³-hybridized carbons (Fsp3) is 0.950. The summed E-state index contributed by atoms with van der Waals surface area (Å²) in [6.45, 7) is 0.374. The lowest BCUT2D eigenvalue weighted by Crippen LogP contribution is -2.45. The number of likely N-dealkylation sites (tertiary alicyclic amines) is 1. The van der Waals surface area contributed by atoms with Crippen molar-refractivity contribution >= 4 is 5.97 Å². The number of hydrogen-bond donors (Lipinski definition) is 5. The molecular formula is C20H37NO9. The lowest BCUT2D eigenvalue weighted by atomic mass is 10.1. The van der Waals surface area contributed by atoms with Crippen LogP contribution in [-0.2, 0) is 19.0 Å². The Labute approximate surface area is 177 Å². The Morgan fingerprint density at radius 1 is 1.00 bits per heavy atom. The van der Waals surface area contributed by atoms with Crippen LogP contribution in [0.15, 0.2) is 0 Å². The molecule has 0 bridgehead atoms. The third-order valence-electron chi connectivity index (χ3n) is 5.88. The van der Waals surface area contributed by atoms with Crippen LogP contribution in [0.2, 0.25) is 0 Å². The lowest BCUT2D eigenvalue weighted by molar-refractivity contribution is -0.168. The molecule has 0 spiro atoms. The van der Waals surface area contributed by atoms with E-state index in [1.54, 1.807) is 4.90 Å². The molecule has 2 fully saturated rings. The smallest absolute Gasteiger partial charge is 0.305 e. The normalized spacial score (nSPS) is 34.5. The van der Waals surface area contributed by atoms with Gasteiger partial charge in [-0.3, -0.25) is 9.69 Å². The van der Waals surface area contributed by atoms with Gasteiger partial charge in [0.05, 0.1) is 32.0 Å². The molecule has 0 aromatic rings. The van der Waals surface area contributed by atoms with Crippen molar-refractivity contribution in [1.82, 2.24) is 4.90 Å². The van der Waals surface area contributed by atoms with Crippen molar-refractivity contribution in [2.75, 3.05) is 33.4 Å².